The highest BCUT2D eigenvalue weighted by Gasteiger charge is 2.46. The van der Waals surface area contributed by atoms with Gasteiger partial charge in [-0.15, -0.1) is 0 Å². The minimum absolute atomic E-state index is 0.138. The Labute approximate surface area is 122 Å². The SMILES string of the molecule is CC(C)(C#N)C(O)(Cc1nc[nH]n1)c1ccc(Cl)cc1. The van der Waals surface area contributed by atoms with Crippen LogP contribution in [0.4, 0.5) is 0 Å². The van der Waals surface area contributed by atoms with E-state index in [0.717, 1.165) is 0 Å². The van der Waals surface area contributed by atoms with Crippen molar-refractivity contribution in [1.82, 2.24) is 15.2 Å². The molecule has 104 valence electrons. The average molecular weight is 291 g/mol. The number of aromatic nitrogens is 3. The first-order chi connectivity index (χ1) is 9.39. The molecule has 0 saturated heterocycles. The molecule has 1 aromatic carbocycles. The summed E-state index contributed by atoms with van der Waals surface area (Å²) >= 11 is 5.88. The Balaban J connectivity index is 2.49. The van der Waals surface area contributed by atoms with Gasteiger partial charge in [-0.2, -0.15) is 10.4 Å². The van der Waals surface area contributed by atoms with Crippen molar-refractivity contribution in [2.45, 2.75) is 25.9 Å². The van der Waals surface area contributed by atoms with Crippen LogP contribution in [0.15, 0.2) is 30.6 Å². The van der Waals surface area contributed by atoms with E-state index in [-0.39, 0.29) is 6.42 Å². The summed E-state index contributed by atoms with van der Waals surface area (Å²) in [4.78, 5) is 4.03. The number of H-pyrrole nitrogens is 1. The standard InChI is InChI=1S/C14H15ClN4O/c1-13(2,8-16)14(20,7-12-17-9-18-19-12)10-3-5-11(15)6-4-10/h3-6,9,20H,7H2,1-2H3,(H,17,18,19). The maximum atomic E-state index is 11.1. The monoisotopic (exact) mass is 290 g/mol. The largest absolute Gasteiger partial charge is 0.383 e. The number of hydrogen-bond acceptors (Lipinski definition) is 4. The fourth-order valence-electron chi connectivity index (χ4n) is 2.05. The predicted molar refractivity (Wildman–Crippen MR) is 74.8 cm³/mol. The van der Waals surface area contributed by atoms with Gasteiger partial charge < -0.3 is 5.11 Å². The summed E-state index contributed by atoms with van der Waals surface area (Å²) in [7, 11) is 0. The van der Waals surface area contributed by atoms with Gasteiger partial charge >= 0.3 is 0 Å². The van der Waals surface area contributed by atoms with Crippen molar-refractivity contribution >= 4 is 11.6 Å². The smallest absolute Gasteiger partial charge is 0.153 e. The second-order valence-corrected chi connectivity index (χ2v) is 5.63. The summed E-state index contributed by atoms with van der Waals surface area (Å²) in [5.74, 6) is 0.450. The number of nitriles is 1. The van der Waals surface area contributed by atoms with E-state index in [1.165, 1.54) is 6.33 Å². The van der Waals surface area contributed by atoms with E-state index in [9.17, 15) is 10.4 Å². The van der Waals surface area contributed by atoms with Gasteiger partial charge in [0.05, 0.1) is 11.5 Å². The van der Waals surface area contributed by atoms with Crippen LogP contribution in [-0.2, 0) is 12.0 Å². The van der Waals surface area contributed by atoms with Crippen molar-refractivity contribution < 1.29 is 5.11 Å². The number of rotatable bonds is 4. The minimum Gasteiger partial charge on any atom is -0.383 e. The molecule has 2 aromatic rings. The van der Waals surface area contributed by atoms with Crippen molar-refractivity contribution in [2.75, 3.05) is 0 Å². The van der Waals surface area contributed by atoms with Crippen LogP contribution in [0, 0.1) is 16.7 Å². The second kappa shape index (κ2) is 5.23. The molecule has 1 heterocycles. The third-order valence-corrected chi connectivity index (χ3v) is 3.77. The lowest BCUT2D eigenvalue weighted by atomic mass is 9.70. The second-order valence-electron chi connectivity index (χ2n) is 5.20. The summed E-state index contributed by atoms with van der Waals surface area (Å²) in [6.07, 6.45) is 1.58. The highest BCUT2D eigenvalue weighted by molar-refractivity contribution is 6.30. The molecule has 0 aliphatic rings. The van der Waals surface area contributed by atoms with Crippen molar-refractivity contribution in [3.05, 3.63) is 47.0 Å². The number of nitrogens with zero attached hydrogens (tertiary/aromatic N) is 3. The van der Waals surface area contributed by atoms with Crippen molar-refractivity contribution in [1.29, 1.82) is 5.26 Å². The van der Waals surface area contributed by atoms with Gasteiger partial charge in [-0.1, -0.05) is 23.7 Å². The molecule has 0 aliphatic heterocycles. The van der Waals surface area contributed by atoms with Gasteiger partial charge in [-0.25, -0.2) is 4.98 Å². The first-order valence-corrected chi connectivity index (χ1v) is 6.51. The normalized spacial score (nSPS) is 14.6. The molecule has 6 heteroatoms. The maximum Gasteiger partial charge on any atom is 0.153 e. The van der Waals surface area contributed by atoms with Crippen LogP contribution in [0.1, 0.15) is 25.2 Å². The molecule has 0 spiro atoms. The molecule has 2 rings (SSSR count). The molecule has 1 unspecified atom stereocenters. The van der Waals surface area contributed by atoms with Crippen LogP contribution in [-0.4, -0.2) is 20.3 Å². The predicted octanol–water partition coefficient (Wildman–Crippen LogP) is 2.44. The summed E-state index contributed by atoms with van der Waals surface area (Å²) in [6, 6.07) is 8.97. The molecule has 5 nitrogen and oxygen atoms in total. The summed E-state index contributed by atoms with van der Waals surface area (Å²) in [5, 5.41) is 27.6. The zero-order valence-electron chi connectivity index (χ0n) is 11.3. The van der Waals surface area contributed by atoms with Gasteiger partial charge in [0.25, 0.3) is 0 Å². The van der Waals surface area contributed by atoms with Crippen LogP contribution in [0.2, 0.25) is 5.02 Å². The summed E-state index contributed by atoms with van der Waals surface area (Å²) in [6.45, 7) is 3.38. The maximum absolute atomic E-state index is 11.1. The molecule has 0 fully saturated rings. The van der Waals surface area contributed by atoms with Crippen LogP contribution in [0.25, 0.3) is 0 Å². The zero-order chi connectivity index (χ0) is 14.8. The Kier molecular flexibility index (Phi) is 3.80. The molecule has 0 saturated carbocycles. The first kappa shape index (κ1) is 14.5. The first-order valence-electron chi connectivity index (χ1n) is 6.13. The van der Waals surface area contributed by atoms with E-state index in [1.54, 1.807) is 38.1 Å². The Morgan fingerprint density at radius 2 is 2.00 bits per heavy atom. The fourth-order valence-corrected chi connectivity index (χ4v) is 2.18. The van der Waals surface area contributed by atoms with E-state index in [4.69, 9.17) is 11.6 Å². The Bertz CT molecular complexity index is 616. The van der Waals surface area contributed by atoms with Gasteiger partial charge in [-0.05, 0) is 31.5 Å². The Hall–Kier alpha value is -1.90. The van der Waals surface area contributed by atoms with E-state index in [1.807, 2.05) is 0 Å². The van der Waals surface area contributed by atoms with Gasteiger partial charge in [0, 0.05) is 11.4 Å². The highest BCUT2D eigenvalue weighted by atomic mass is 35.5. The van der Waals surface area contributed by atoms with Crippen LogP contribution < -0.4 is 0 Å². The van der Waals surface area contributed by atoms with E-state index < -0.39 is 11.0 Å². The lowest BCUT2D eigenvalue weighted by Gasteiger charge is -2.37. The topological polar surface area (TPSA) is 85.6 Å². The molecule has 1 aromatic heterocycles. The van der Waals surface area contributed by atoms with E-state index in [0.29, 0.717) is 16.4 Å². The average Bonchev–Trinajstić information content (AvgIpc) is 2.91. The molecule has 0 aliphatic carbocycles. The molecular weight excluding hydrogens is 276 g/mol. The number of halogens is 1. The van der Waals surface area contributed by atoms with Crippen LogP contribution >= 0.6 is 11.6 Å². The molecule has 1 atom stereocenters. The Morgan fingerprint density at radius 1 is 1.35 bits per heavy atom. The molecule has 0 amide bonds. The summed E-state index contributed by atoms with van der Waals surface area (Å²) in [5.41, 5.74) is -1.81. The third kappa shape index (κ3) is 2.53. The number of hydrogen-bond donors (Lipinski definition) is 2. The molecular formula is C14H15ClN4O. The van der Waals surface area contributed by atoms with Crippen molar-refractivity contribution in [3.63, 3.8) is 0 Å². The molecule has 2 N–H and O–H groups in total. The molecule has 20 heavy (non-hydrogen) atoms. The zero-order valence-corrected chi connectivity index (χ0v) is 12.0. The quantitative estimate of drug-likeness (QED) is 0.905. The number of aliphatic hydroxyl groups is 1. The number of benzene rings is 1. The van der Waals surface area contributed by atoms with Gasteiger partial charge in [0.15, 0.2) is 5.82 Å². The van der Waals surface area contributed by atoms with Crippen LogP contribution in [0.5, 0.6) is 0 Å². The van der Waals surface area contributed by atoms with Crippen molar-refractivity contribution in [3.8, 4) is 6.07 Å². The Morgan fingerprint density at radius 3 is 2.50 bits per heavy atom. The molecule has 0 radical (unpaired) electrons. The minimum atomic E-state index is -1.41. The van der Waals surface area contributed by atoms with Gasteiger partial charge in [-0.3, -0.25) is 5.10 Å². The highest BCUT2D eigenvalue weighted by Crippen LogP contribution is 2.41. The number of nitrogens with one attached hydrogen (secondary N) is 1. The van der Waals surface area contributed by atoms with Crippen molar-refractivity contribution in [2.24, 2.45) is 5.41 Å². The lowest BCUT2D eigenvalue weighted by Crippen LogP contribution is -2.43. The third-order valence-electron chi connectivity index (χ3n) is 3.51. The lowest BCUT2D eigenvalue weighted by molar-refractivity contribution is -0.0460. The van der Waals surface area contributed by atoms with Crippen LogP contribution in [0.3, 0.4) is 0 Å². The summed E-state index contributed by atoms with van der Waals surface area (Å²) < 4.78 is 0. The number of aromatic amines is 1. The molecule has 0 bridgehead atoms. The van der Waals surface area contributed by atoms with Gasteiger partial charge in [0.1, 0.15) is 11.9 Å². The fraction of sp³-hybridized carbons (Fsp3) is 0.357. The van der Waals surface area contributed by atoms with Gasteiger partial charge in [0.2, 0.25) is 0 Å². The van der Waals surface area contributed by atoms with E-state index >= 15 is 0 Å². The van der Waals surface area contributed by atoms with E-state index in [2.05, 4.69) is 21.3 Å².